The molecule has 0 spiro atoms. The van der Waals surface area contributed by atoms with E-state index < -0.39 is 6.04 Å². The predicted molar refractivity (Wildman–Crippen MR) is 156 cm³/mol. The monoisotopic (exact) mass is 599 g/mol. The van der Waals surface area contributed by atoms with E-state index >= 15 is 0 Å². The van der Waals surface area contributed by atoms with Crippen molar-refractivity contribution in [2.45, 2.75) is 50.7 Å². The average Bonchev–Trinajstić information content (AvgIpc) is 3.72. The van der Waals surface area contributed by atoms with Gasteiger partial charge in [0.05, 0.1) is 18.3 Å². The van der Waals surface area contributed by atoms with Crippen molar-refractivity contribution in [1.82, 2.24) is 35.7 Å². The number of rotatable bonds is 6. The van der Waals surface area contributed by atoms with Crippen LogP contribution in [0.15, 0.2) is 24.3 Å². The van der Waals surface area contributed by atoms with Gasteiger partial charge in [-0.3, -0.25) is 24.6 Å². The summed E-state index contributed by atoms with van der Waals surface area (Å²) in [5.41, 5.74) is 2.17. The molecule has 13 heteroatoms. The summed E-state index contributed by atoms with van der Waals surface area (Å²) >= 11 is 7.51. The lowest BCUT2D eigenvalue weighted by Crippen LogP contribution is -2.56. The summed E-state index contributed by atoms with van der Waals surface area (Å²) < 4.78 is 5.75. The summed E-state index contributed by atoms with van der Waals surface area (Å²) in [5, 5.41) is 11.4. The number of nitrogens with one attached hydrogen (secondary N) is 4. The Morgan fingerprint density at radius 1 is 1.15 bits per heavy atom. The van der Waals surface area contributed by atoms with E-state index in [1.54, 1.807) is 37.2 Å². The van der Waals surface area contributed by atoms with Gasteiger partial charge >= 0.3 is 0 Å². The molecule has 2 aromatic heterocycles. The number of benzene rings is 1. The van der Waals surface area contributed by atoms with Crippen LogP contribution in [0.3, 0.4) is 0 Å². The Morgan fingerprint density at radius 3 is 2.76 bits per heavy atom. The van der Waals surface area contributed by atoms with E-state index in [2.05, 4.69) is 30.8 Å². The van der Waals surface area contributed by atoms with Crippen LogP contribution in [0.4, 0.5) is 0 Å². The summed E-state index contributed by atoms with van der Waals surface area (Å²) in [5.74, 6) is -0.773. The molecule has 1 saturated heterocycles. The van der Waals surface area contributed by atoms with Crippen LogP contribution >= 0.6 is 22.9 Å². The van der Waals surface area contributed by atoms with E-state index in [1.807, 2.05) is 6.07 Å². The lowest BCUT2D eigenvalue weighted by Gasteiger charge is -2.37. The number of carbonyl (C=O) groups excluding carboxylic acids is 3. The molecule has 1 aliphatic carbocycles. The number of ether oxygens (including phenoxy) is 1. The van der Waals surface area contributed by atoms with Crippen molar-refractivity contribution in [1.29, 1.82) is 0 Å². The normalized spacial score (nSPS) is 24.7. The first kappa shape index (κ1) is 28.1. The molecule has 3 aromatic rings. The molecule has 11 nitrogen and oxygen atoms in total. The van der Waals surface area contributed by atoms with Gasteiger partial charge in [0.25, 0.3) is 11.8 Å². The molecule has 0 radical (unpaired) electrons. The summed E-state index contributed by atoms with van der Waals surface area (Å²) in [7, 11) is 3.48. The highest BCUT2D eigenvalue weighted by molar-refractivity contribution is 7.13. The molecular formula is C28H34ClN7O4S. The third-order valence-electron chi connectivity index (χ3n) is 8.08. The van der Waals surface area contributed by atoms with Crippen molar-refractivity contribution in [2.24, 2.45) is 5.92 Å². The van der Waals surface area contributed by atoms with Gasteiger partial charge in [-0.1, -0.05) is 11.6 Å². The van der Waals surface area contributed by atoms with E-state index in [-0.39, 0.29) is 36.0 Å². The summed E-state index contributed by atoms with van der Waals surface area (Å²) in [6.07, 6.45) is 2.26. The Bertz CT molecular complexity index is 1470. The standard InChI is InChI=1S/C28H34ClN7O4S/c1-35(2)27(39)15-3-5-19(32-24(37)22-13-16-11-17(29)4-6-18(16)31-22)21(12-15)33-25(38)26-34-20-7-9-36(14-23(20)41-26)28-30-8-10-40-28/h4,6,11,13,15,19,21,28,30-31H,3,5,7-10,12,14H2,1-2H3,(H,32,37)(H,33,38)/t15-,19-,21+,28?/m0/s1. The molecule has 1 unspecified atom stereocenters. The number of hydrogen-bond donors (Lipinski definition) is 4. The molecule has 3 aliphatic rings. The first-order valence-corrected chi connectivity index (χ1v) is 15.1. The number of aromatic amines is 1. The Hall–Kier alpha value is -3.03. The molecule has 4 atom stereocenters. The van der Waals surface area contributed by atoms with Crippen LogP contribution < -0.4 is 16.0 Å². The van der Waals surface area contributed by atoms with Gasteiger partial charge in [0.15, 0.2) is 11.4 Å². The van der Waals surface area contributed by atoms with Gasteiger partial charge in [-0.05, 0) is 43.5 Å². The number of amides is 3. The fourth-order valence-corrected chi connectivity index (χ4v) is 7.17. The van der Waals surface area contributed by atoms with Crippen LogP contribution in [-0.4, -0.2) is 89.7 Å². The Morgan fingerprint density at radius 2 is 1.98 bits per heavy atom. The fraction of sp³-hybridized carbons (Fsp3) is 0.500. The maximum Gasteiger partial charge on any atom is 0.280 e. The highest BCUT2D eigenvalue weighted by Crippen LogP contribution is 2.30. The second-order valence-corrected chi connectivity index (χ2v) is 12.6. The van der Waals surface area contributed by atoms with Crippen LogP contribution in [0.2, 0.25) is 5.02 Å². The van der Waals surface area contributed by atoms with Crippen LogP contribution in [0.1, 0.15) is 50.1 Å². The quantitative estimate of drug-likeness (QED) is 0.342. The van der Waals surface area contributed by atoms with Crippen molar-refractivity contribution in [2.75, 3.05) is 33.8 Å². The number of fused-ring (bicyclic) bond motifs is 2. The van der Waals surface area contributed by atoms with Gasteiger partial charge in [-0.15, -0.1) is 11.3 Å². The largest absolute Gasteiger partial charge is 0.351 e. The van der Waals surface area contributed by atoms with E-state index in [0.717, 1.165) is 41.0 Å². The molecule has 1 saturated carbocycles. The summed E-state index contributed by atoms with van der Waals surface area (Å²) in [4.78, 5) is 52.3. The fourth-order valence-electron chi connectivity index (χ4n) is 5.95. The third kappa shape index (κ3) is 5.98. The van der Waals surface area contributed by atoms with E-state index in [4.69, 9.17) is 16.3 Å². The van der Waals surface area contributed by atoms with Gasteiger partial charge in [0.1, 0.15) is 5.69 Å². The van der Waals surface area contributed by atoms with Crippen molar-refractivity contribution in [3.8, 4) is 0 Å². The molecule has 6 rings (SSSR count). The molecule has 1 aromatic carbocycles. The molecule has 4 N–H and O–H groups in total. The van der Waals surface area contributed by atoms with Gasteiger partial charge in [-0.2, -0.15) is 0 Å². The van der Waals surface area contributed by atoms with Gasteiger partial charge < -0.3 is 25.3 Å². The number of halogens is 1. The minimum atomic E-state index is -0.429. The molecule has 2 aliphatic heterocycles. The second-order valence-electron chi connectivity index (χ2n) is 11.1. The molecule has 218 valence electrons. The molecule has 0 bridgehead atoms. The first-order valence-electron chi connectivity index (χ1n) is 13.9. The lowest BCUT2D eigenvalue weighted by molar-refractivity contribution is -0.134. The minimum Gasteiger partial charge on any atom is -0.351 e. The van der Waals surface area contributed by atoms with Crippen molar-refractivity contribution in [3.63, 3.8) is 0 Å². The number of H-pyrrole nitrogens is 1. The first-order chi connectivity index (χ1) is 19.7. The van der Waals surface area contributed by atoms with E-state index in [1.165, 1.54) is 11.3 Å². The lowest BCUT2D eigenvalue weighted by atomic mass is 9.81. The molecule has 4 heterocycles. The van der Waals surface area contributed by atoms with Crippen LogP contribution in [0, 0.1) is 5.92 Å². The minimum absolute atomic E-state index is 0.0223. The number of carbonyl (C=O) groups is 3. The summed E-state index contributed by atoms with van der Waals surface area (Å²) in [6, 6.07) is 6.39. The second kappa shape index (κ2) is 11.7. The SMILES string of the molecule is CN(C)C(=O)[C@H]1CC[C@H](NC(=O)c2cc3cc(Cl)ccc3[nH]2)[C@H](NC(=O)c2nc3c(s2)CN(C2NCCO2)CC3)C1. The molecule has 3 amide bonds. The van der Waals surface area contributed by atoms with Crippen molar-refractivity contribution < 1.29 is 19.1 Å². The maximum atomic E-state index is 13.5. The maximum absolute atomic E-state index is 13.5. The summed E-state index contributed by atoms with van der Waals surface area (Å²) in [6.45, 7) is 3.00. The van der Waals surface area contributed by atoms with Crippen LogP contribution in [0.25, 0.3) is 10.9 Å². The Balaban J connectivity index is 1.17. The zero-order valence-electron chi connectivity index (χ0n) is 23.0. The molecule has 2 fully saturated rings. The molecular weight excluding hydrogens is 566 g/mol. The van der Waals surface area contributed by atoms with Crippen LogP contribution in [-0.2, 0) is 22.5 Å². The zero-order valence-corrected chi connectivity index (χ0v) is 24.6. The number of aromatic nitrogens is 2. The highest BCUT2D eigenvalue weighted by atomic mass is 35.5. The highest BCUT2D eigenvalue weighted by Gasteiger charge is 2.37. The Labute approximate surface area is 246 Å². The van der Waals surface area contributed by atoms with E-state index in [0.29, 0.717) is 48.1 Å². The van der Waals surface area contributed by atoms with Gasteiger partial charge in [0.2, 0.25) is 5.91 Å². The Kier molecular flexibility index (Phi) is 8.01. The van der Waals surface area contributed by atoms with Gasteiger partial charge in [0, 0.05) is 72.9 Å². The third-order valence-corrected chi connectivity index (χ3v) is 9.40. The zero-order chi connectivity index (χ0) is 28.7. The molecule has 41 heavy (non-hydrogen) atoms. The predicted octanol–water partition coefficient (Wildman–Crippen LogP) is 2.32. The number of thiazole rings is 1. The smallest absolute Gasteiger partial charge is 0.280 e. The van der Waals surface area contributed by atoms with Crippen molar-refractivity contribution >= 4 is 51.6 Å². The van der Waals surface area contributed by atoms with Crippen molar-refractivity contribution in [3.05, 3.63) is 50.6 Å². The topological polar surface area (TPSA) is 132 Å². The van der Waals surface area contributed by atoms with Crippen LogP contribution in [0.5, 0.6) is 0 Å². The number of hydrogen-bond acceptors (Lipinski definition) is 8. The average molecular weight is 600 g/mol. The van der Waals surface area contributed by atoms with Gasteiger partial charge in [-0.25, -0.2) is 4.98 Å². The number of nitrogens with zero attached hydrogens (tertiary/aromatic N) is 3. The van der Waals surface area contributed by atoms with E-state index in [9.17, 15) is 14.4 Å².